The highest BCUT2D eigenvalue weighted by Gasteiger charge is 2.39. The molecule has 1 atom stereocenters. The maximum absolute atomic E-state index is 12.9. The number of fused-ring (bicyclic) bond motifs is 1. The first-order valence-electron chi connectivity index (χ1n) is 11.0. The SMILES string of the molecule is CC(C)C(C(=O)O)N(Cc1ccc2nc(-c3ccc(C(=O)O)cc3)ccc2c1)C(=O)C1CC1. The van der Waals surface area contributed by atoms with Crippen LogP contribution in [-0.2, 0) is 16.1 Å². The molecule has 0 bridgehead atoms. The predicted molar refractivity (Wildman–Crippen MR) is 124 cm³/mol. The Labute approximate surface area is 191 Å². The van der Waals surface area contributed by atoms with E-state index in [1.807, 2.05) is 44.2 Å². The number of carboxylic acids is 2. The molecular formula is C26H26N2O5. The van der Waals surface area contributed by atoms with Crippen molar-refractivity contribution in [3.63, 3.8) is 0 Å². The van der Waals surface area contributed by atoms with E-state index in [4.69, 9.17) is 5.11 Å². The van der Waals surface area contributed by atoms with Crippen LogP contribution in [0.2, 0.25) is 0 Å². The maximum Gasteiger partial charge on any atom is 0.335 e. The Bertz CT molecular complexity index is 1220. The van der Waals surface area contributed by atoms with Crippen LogP contribution in [0.5, 0.6) is 0 Å². The zero-order chi connectivity index (χ0) is 23.7. The van der Waals surface area contributed by atoms with E-state index in [2.05, 4.69) is 4.98 Å². The van der Waals surface area contributed by atoms with E-state index in [0.29, 0.717) is 0 Å². The predicted octanol–water partition coefficient (Wildman–Crippen LogP) is 4.45. The number of benzene rings is 2. The number of hydrogen-bond donors (Lipinski definition) is 2. The van der Waals surface area contributed by atoms with Crippen molar-refractivity contribution in [2.24, 2.45) is 11.8 Å². The van der Waals surface area contributed by atoms with E-state index in [1.165, 1.54) is 4.90 Å². The van der Waals surface area contributed by atoms with Gasteiger partial charge in [0.2, 0.25) is 5.91 Å². The third-order valence-electron chi connectivity index (χ3n) is 5.96. The van der Waals surface area contributed by atoms with Crippen molar-refractivity contribution in [3.05, 3.63) is 65.7 Å². The van der Waals surface area contributed by atoms with Crippen LogP contribution >= 0.6 is 0 Å². The Morgan fingerprint density at radius 1 is 1.00 bits per heavy atom. The Hall–Kier alpha value is -3.74. The van der Waals surface area contributed by atoms with E-state index in [9.17, 15) is 19.5 Å². The molecule has 1 aromatic heterocycles. The number of pyridine rings is 1. The number of aromatic carboxylic acids is 1. The quantitative estimate of drug-likeness (QED) is 0.529. The molecule has 4 rings (SSSR count). The van der Waals surface area contributed by atoms with Gasteiger partial charge in [0.15, 0.2) is 0 Å². The Balaban J connectivity index is 1.61. The molecule has 1 heterocycles. The van der Waals surface area contributed by atoms with E-state index < -0.39 is 18.0 Å². The van der Waals surface area contributed by atoms with Gasteiger partial charge in [0.05, 0.1) is 16.8 Å². The van der Waals surface area contributed by atoms with Crippen LogP contribution < -0.4 is 0 Å². The third-order valence-corrected chi connectivity index (χ3v) is 5.96. The smallest absolute Gasteiger partial charge is 0.335 e. The zero-order valence-corrected chi connectivity index (χ0v) is 18.6. The van der Waals surface area contributed by atoms with Crippen molar-refractivity contribution in [2.75, 3.05) is 0 Å². The number of rotatable bonds is 8. The minimum absolute atomic E-state index is 0.0669. The summed E-state index contributed by atoms with van der Waals surface area (Å²) in [5, 5.41) is 19.7. The van der Waals surface area contributed by atoms with Crippen LogP contribution in [0.15, 0.2) is 54.6 Å². The maximum atomic E-state index is 12.9. The van der Waals surface area contributed by atoms with Crippen LogP contribution in [-0.4, -0.2) is 44.0 Å². The van der Waals surface area contributed by atoms with E-state index >= 15 is 0 Å². The van der Waals surface area contributed by atoms with Crippen LogP contribution in [0.1, 0.15) is 42.6 Å². The number of amides is 1. The fraction of sp³-hybridized carbons (Fsp3) is 0.308. The second-order valence-corrected chi connectivity index (χ2v) is 8.87. The topological polar surface area (TPSA) is 108 Å². The van der Waals surface area contributed by atoms with Crippen molar-refractivity contribution >= 4 is 28.7 Å². The molecule has 0 radical (unpaired) electrons. The molecule has 1 fully saturated rings. The molecule has 0 saturated heterocycles. The number of aliphatic carboxylic acids is 1. The van der Waals surface area contributed by atoms with Gasteiger partial charge in [-0.15, -0.1) is 0 Å². The van der Waals surface area contributed by atoms with Gasteiger partial charge in [0.1, 0.15) is 6.04 Å². The molecule has 1 amide bonds. The number of nitrogens with zero attached hydrogens (tertiary/aromatic N) is 2. The lowest BCUT2D eigenvalue weighted by Gasteiger charge is -2.32. The lowest BCUT2D eigenvalue weighted by molar-refractivity contribution is -0.153. The molecule has 1 saturated carbocycles. The Morgan fingerprint density at radius 2 is 1.70 bits per heavy atom. The average molecular weight is 447 g/mol. The number of carbonyl (C=O) groups excluding carboxylic acids is 1. The number of carbonyl (C=O) groups is 3. The molecule has 7 nitrogen and oxygen atoms in total. The summed E-state index contributed by atoms with van der Waals surface area (Å²) in [6.07, 6.45) is 1.63. The molecule has 3 aromatic rings. The largest absolute Gasteiger partial charge is 0.480 e. The minimum atomic E-state index is -0.986. The van der Waals surface area contributed by atoms with Gasteiger partial charge in [0, 0.05) is 23.4 Å². The highest BCUT2D eigenvalue weighted by molar-refractivity contribution is 5.89. The lowest BCUT2D eigenvalue weighted by Crippen LogP contribution is -2.48. The van der Waals surface area contributed by atoms with Gasteiger partial charge < -0.3 is 15.1 Å². The number of carboxylic acid groups (broad SMARTS) is 2. The van der Waals surface area contributed by atoms with Gasteiger partial charge in [-0.05, 0) is 54.7 Å². The summed E-state index contributed by atoms with van der Waals surface area (Å²) in [5.74, 6) is -2.32. The number of aromatic nitrogens is 1. The summed E-state index contributed by atoms with van der Waals surface area (Å²) in [4.78, 5) is 42.1. The van der Waals surface area contributed by atoms with Gasteiger partial charge in [-0.3, -0.25) is 4.79 Å². The molecule has 33 heavy (non-hydrogen) atoms. The average Bonchev–Trinajstić information content (AvgIpc) is 3.63. The molecular weight excluding hydrogens is 420 g/mol. The second kappa shape index (κ2) is 9.02. The standard InChI is InChI=1S/C26H26N2O5/c1-15(2)23(26(32)33)28(24(29)18-6-7-18)14-16-3-11-22-20(13-16)10-12-21(27-22)17-4-8-19(9-5-17)25(30)31/h3-5,8-13,15,18,23H,6-7,14H2,1-2H3,(H,30,31)(H,32,33). The lowest BCUT2D eigenvalue weighted by atomic mass is 10.0. The van der Waals surface area contributed by atoms with E-state index in [0.717, 1.165) is 40.6 Å². The second-order valence-electron chi connectivity index (χ2n) is 8.87. The summed E-state index contributed by atoms with van der Waals surface area (Å²) in [7, 11) is 0. The Kier molecular flexibility index (Phi) is 6.14. The first kappa shape index (κ1) is 22.5. The molecule has 0 aliphatic heterocycles. The van der Waals surface area contributed by atoms with Crippen molar-refractivity contribution in [1.82, 2.24) is 9.88 Å². The fourth-order valence-electron chi connectivity index (χ4n) is 4.07. The molecule has 1 aliphatic rings. The molecule has 2 aromatic carbocycles. The summed E-state index contributed by atoms with van der Waals surface area (Å²) in [5.41, 5.74) is 3.37. The van der Waals surface area contributed by atoms with Crippen molar-refractivity contribution in [2.45, 2.75) is 39.3 Å². The van der Waals surface area contributed by atoms with E-state index in [1.54, 1.807) is 24.3 Å². The first-order valence-corrected chi connectivity index (χ1v) is 11.0. The minimum Gasteiger partial charge on any atom is -0.480 e. The van der Waals surface area contributed by atoms with Crippen LogP contribution in [0.3, 0.4) is 0 Å². The fourth-order valence-corrected chi connectivity index (χ4v) is 4.07. The summed E-state index contributed by atoms with van der Waals surface area (Å²) in [6, 6.07) is 15.1. The van der Waals surface area contributed by atoms with Gasteiger partial charge in [-0.25, -0.2) is 14.6 Å². The summed E-state index contributed by atoms with van der Waals surface area (Å²) in [6.45, 7) is 3.88. The Morgan fingerprint density at radius 3 is 2.27 bits per heavy atom. The number of hydrogen-bond acceptors (Lipinski definition) is 4. The normalized spacial score (nSPS) is 14.3. The highest BCUT2D eigenvalue weighted by atomic mass is 16.4. The van der Waals surface area contributed by atoms with Crippen molar-refractivity contribution < 1.29 is 24.6 Å². The van der Waals surface area contributed by atoms with Gasteiger partial charge in [-0.2, -0.15) is 0 Å². The van der Waals surface area contributed by atoms with Crippen molar-refractivity contribution in [3.8, 4) is 11.3 Å². The van der Waals surface area contributed by atoms with Crippen LogP contribution in [0.4, 0.5) is 0 Å². The van der Waals surface area contributed by atoms with Gasteiger partial charge in [0.25, 0.3) is 0 Å². The van der Waals surface area contributed by atoms with Crippen LogP contribution in [0.25, 0.3) is 22.2 Å². The monoisotopic (exact) mass is 446 g/mol. The van der Waals surface area contributed by atoms with Gasteiger partial charge >= 0.3 is 11.9 Å². The first-order chi connectivity index (χ1) is 15.7. The molecule has 0 spiro atoms. The van der Waals surface area contributed by atoms with E-state index in [-0.39, 0.29) is 29.9 Å². The molecule has 2 N–H and O–H groups in total. The highest BCUT2D eigenvalue weighted by Crippen LogP contribution is 2.33. The van der Waals surface area contributed by atoms with Crippen LogP contribution in [0, 0.1) is 11.8 Å². The summed E-state index contributed by atoms with van der Waals surface area (Å²) < 4.78 is 0. The van der Waals surface area contributed by atoms with Crippen molar-refractivity contribution in [1.29, 1.82) is 0 Å². The molecule has 7 heteroatoms. The zero-order valence-electron chi connectivity index (χ0n) is 18.6. The molecule has 170 valence electrons. The summed E-state index contributed by atoms with van der Waals surface area (Å²) >= 11 is 0. The van der Waals surface area contributed by atoms with Gasteiger partial charge in [-0.1, -0.05) is 38.1 Å². The molecule has 1 unspecified atom stereocenters. The molecule has 1 aliphatic carbocycles. The third kappa shape index (κ3) is 4.87.